The van der Waals surface area contributed by atoms with E-state index in [-0.39, 0.29) is 53.3 Å². The average molecular weight is 823 g/mol. The largest absolute Gasteiger partial charge is 0.374 e. The molecule has 1 saturated carbocycles. The van der Waals surface area contributed by atoms with Gasteiger partial charge in [0.05, 0.1) is 18.4 Å². The maximum Gasteiger partial charge on any atom is 0.255 e. The highest BCUT2D eigenvalue weighted by atomic mass is 19.1. The lowest BCUT2D eigenvalue weighted by atomic mass is 9.91. The van der Waals surface area contributed by atoms with Crippen molar-refractivity contribution in [1.29, 1.82) is 0 Å². The normalized spacial score (nSPS) is 22.0. The van der Waals surface area contributed by atoms with Gasteiger partial charge in [-0.15, -0.1) is 0 Å². The van der Waals surface area contributed by atoms with Crippen LogP contribution in [0.5, 0.6) is 0 Å². The second-order valence-corrected chi connectivity index (χ2v) is 16.4. The second kappa shape index (κ2) is 18.7. The number of benzene rings is 2. The summed E-state index contributed by atoms with van der Waals surface area (Å²) in [7, 11) is 0. The zero-order valence-corrected chi connectivity index (χ0v) is 33.6. The Morgan fingerprint density at radius 3 is 2.32 bits per heavy atom. The molecule has 3 aliphatic heterocycles. The predicted molar refractivity (Wildman–Crippen MR) is 225 cm³/mol. The topological polar surface area (TPSA) is 157 Å². The van der Waals surface area contributed by atoms with E-state index in [4.69, 9.17) is 0 Å². The van der Waals surface area contributed by atoms with E-state index in [1.54, 1.807) is 54.7 Å². The third kappa shape index (κ3) is 10.2. The number of hydrogen-bond donors (Lipinski definition) is 4. The van der Waals surface area contributed by atoms with E-state index in [9.17, 15) is 23.6 Å². The van der Waals surface area contributed by atoms with Crippen LogP contribution in [-0.2, 0) is 14.4 Å². The minimum atomic E-state index is -0.557. The molecule has 4 aliphatic rings. The minimum Gasteiger partial charge on any atom is -0.374 e. The number of nitrogens with zero attached hydrogens (tertiary/aromatic N) is 6. The summed E-state index contributed by atoms with van der Waals surface area (Å²) < 4.78 is 31.6. The maximum atomic E-state index is 15.2. The Morgan fingerprint density at radius 1 is 0.783 bits per heavy atom. The van der Waals surface area contributed by atoms with Crippen molar-refractivity contribution in [3.05, 3.63) is 95.0 Å². The quantitative estimate of drug-likeness (QED) is 0.152. The molecular formula is C44H52F2N10O4. The molecule has 4 fully saturated rings. The van der Waals surface area contributed by atoms with E-state index in [1.807, 2.05) is 0 Å². The van der Waals surface area contributed by atoms with Crippen molar-refractivity contribution in [3.63, 3.8) is 0 Å². The first-order chi connectivity index (χ1) is 29.1. The number of carbonyl (C=O) groups is 3. The van der Waals surface area contributed by atoms with Gasteiger partial charge in [-0.25, -0.2) is 18.7 Å². The first kappa shape index (κ1) is 41.0. The molecule has 1 atom stereocenters. The van der Waals surface area contributed by atoms with E-state index < -0.39 is 11.9 Å². The van der Waals surface area contributed by atoms with Crippen LogP contribution in [-0.4, -0.2) is 113 Å². The van der Waals surface area contributed by atoms with Crippen LogP contribution in [0.1, 0.15) is 51.4 Å². The molecule has 0 bridgehead atoms. The van der Waals surface area contributed by atoms with Gasteiger partial charge in [0.2, 0.25) is 23.7 Å². The van der Waals surface area contributed by atoms with Crippen LogP contribution < -0.4 is 31.7 Å². The lowest BCUT2D eigenvalue weighted by Gasteiger charge is -2.39. The summed E-state index contributed by atoms with van der Waals surface area (Å²) in [6.07, 6.45) is 8.82. The predicted octanol–water partition coefficient (Wildman–Crippen LogP) is 4.16. The zero-order chi connectivity index (χ0) is 41.6. The minimum absolute atomic E-state index is 0.0551. The van der Waals surface area contributed by atoms with Gasteiger partial charge in [-0.1, -0.05) is 18.2 Å². The molecular weight excluding hydrogens is 771 g/mol. The number of nitrogens with one attached hydrogen (secondary N) is 4. The summed E-state index contributed by atoms with van der Waals surface area (Å²) in [5.74, 6) is -0.603. The number of pyridine rings is 1. The van der Waals surface area contributed by atoms with Crippen molar-refractivity contribution >= 4 is 35.0 Å². The van der Waals surface area contributed by atoms with Crippen LogP contribution in [0.15, 0.2) is 77.9 Å². The first-order valence-electron chi connectivity index (χ1n) is 21.1. The highest BCUT2D eigenvalue weighted by Gasteiger charge is 2.29. The molecule has 3 amide bonds. The van der Waals surface area contributed by atoms with Crippen LogP contribution in [0.25, 0.3) is 16.9 Å². The van der Waals surface area contributed by atoms with Gasteiger partial charge in [-0.3, -0.25) is 38.9 Å². The van der Waals surface area contributed by atoms with Gasteiger partial charge in [-0.2, -0.15) is 0 Å². The number of hydrogen-bond acceptors (Lipinski definition) is 11. The summed E-state index contributed by atoms with van der Waals surface area (Å²) in [6, 6.07) is 16.6. The molecule has 60 heavy (non-hydrogen) atoms. The lowest BCUT2D eigenvalue weighted by molar-refractivity contribution is -0.133. The molecule has 316 valence electrons. The summed E-state index contributed by atoms with van der Waals surface area (Å²) >= 11 is 0. The molecule has 2 aromatic carbocycles. The maximum absolute atomic E-state index is 15.2. The third-order valence-electron chi connectivity index (χ3n) is 12.2. The number of piperazine rings is 1. The molecule has 8 rings (SSSR count). The van der Waals surface area contributed by atoms with Crippen LogP contribution in [0, 0.1) is 17.6 Å². The van der Waals surface area contributed by atoms with E-state index in [1.165, 1.54) is 22.9 Å². The van der Waals surface area contributed by atoms with Gasteiger partial charge in [0.15, 0.2) is 5.82 Å². The fourth-order valence-electron chi connectivity index (χ4n) is 8.87. The summed E-state index contributed by atoms with van der Waals surface area (Å²) in [6.45, 7) is 6.31. The molecule has 1 unspecified atom stereocenters. The molecule has 0 spiro atoms. The smallest absolute Gasteiger partial charge is 0.255 e. The Kier molecular flexibility index (Phi) is 12.8. The van der Waals surface area contributed by atoms with E-state index in [0.717, 1.165) is 84.3 Å². The number of halogens is 2. The van der Waals surface area contributed by atoms with Crippen molar-refractivity contribution in [3.8, 4) is 16.9 Å². The Labute approximate surface area is 347 Å². The molecule has 5 heterocycles. The number of carbonyl (C=O) groups excluding carboxylic acids is 3. The van der Waals surface area contributed by atoms with Crippen LogP contribution in [0.4, 0.5) is 26.1 Å². The van der Waals surface area contributed by atoms with Gasteiger partial charge in [0.1, 0.15) is 17.6 Å². The van der Waals surface area contributed by atoms with Crippen molar-refractivity contribution in [2.75, 3.05) is 67.9 Å². The Balaban J connectivity index is 0.726. The molecule has 14 nitrogen and oxygen atoms in total. The number of piperidine rings is 2. The number of likely N-dealkylation sites (tertiary alicyclic amines) is 1. The monoisotopic (exact) mass is 822 g/mol. The molecule has 0 radical (unpaired) electrons. The van der Waals surface area contributed by atoms with Crippen LogP contribution in [0.3, 0.4) is 0 Å². The summed E-state index contributed by atoms with van der Waals surface area (Å²) in [5.41, 5.74) is 2.20. The fourth-order valence-corrected chi connectivity index (χ4v) is 8.87. The van der Waals surface area contributed by atoms with Gasteiger partial charge in [0, 0.05) is 80.4 Å². The lowest BCUT2D eigenvalue weighted by Crippen LogP contribution is -2.50. The SMILES string of the molecule is O=C1CCC(Nc2ccc(N3CCN(CC4CCN(CC(=O)N[C@H]5CC[C@H](Nc6ncc(F)c(-c7cccc(-n8ccccc8=O)c7)n6)CC5)CC4)CC3)c(F)c2)C(=O)N1. The van der Waals surface area contributed by atoms with Crippen molar-refractivity contribution in [2.24, 2.45) is 5.92 Å². The van der Waals surface area contributed by atoms with Gasteiger partial charge >= 0.3 is 0 Å². The molecule has 16 heteroatoms. The average Bonchev–Trinajstić information content (AvgIpc) is 3.25. The Morgan fingerprint density at radius 2 is 1.57 bits per heavy atom. The molecule has 3 saturated heterocycles. The summed E-state index contributed by atoms with van der Waals surface area (Å²) in [5, 5.41) is 12.0. The Bertz CT molecular complexity index is 2230. The molecule has 4 aromatic rings. The Hall–Kier alpha value is -5.74. The standard InChI is InChI=1S/C44H52F2N10O4/c45-35-25-33(48-37-12-14-39(57)51-43(37)60)11-13-38(35)55-22-20-54(21-23-55)27-29-15-18-53(19-16-29)28-40(58)49-31-7-9-32(10-8-31)50-44-47-26-36(46)42(52-44)30-4-3-5-34(24-30)56-17-2-1-6-41(56)59/h1-6,11,13,17,24-26,29,31-32,37,48H,7-10,12,14-16,18-23,27-28H2,(H,49,58)(H,47,50,52)(H,51,57,60)/t31-,32-,37?. The van der Waals surface area contributed by atoms with Crippen molar-refractivity contribution < 1.29 is 23.2 Å². The molecule has 4 N–H and O–H groups in total. The molecule has 2 aromatic heterocycles. The zero-order valence-electron chi connectivity index (χ0n) is 33.6. The van der Waals surface area contributed by atoms with E-state index >= 15 is 4.39 Å². The van der Waals surface area contributed by atoms with Gasteiger partial charge < -0.3 is 20.9 Å². The van der Waals surface area contributed by atoms with Gasteiger partial charge in [0.25, 0.3) is 5.56 Å². The second-order valence-electron chi connectivity index (χ2n) is 16.4. The van der Waals surface area contributed by atoms with Crippen molar-refractivity contribution in [1.82, 2.24) is 35.0 Å². The van der Waals surface area contributed by atoms with Crippen molar-refractivity contribution in [2.45, 2.75) is 69.5 Å². The number of imide groups is 1. The summed E-state index contributed by atoms with van der Waals surface area (Å²) in [4.78, 5) is 64.4. The third-order valence-corrected chi connectivity index (χ3v) is 12.2. The van der Waals surface area contributed by atoms with E-state index in [2.05, 4.69) is 45.9 Å². The number of rotatable bonds is 12. The first-order valence-corrected chi connectivity index (χ1v) is 21.1. The number of anilines is 3. The van der Waals surface area contributed by atoms with Gasteiger partial charge in [-0.05, 0) is 100 Å². The highest BCUT2D eigenvalue weighted by Crippen LogP contribution is 2.28. The molecule has 1 aliphatic carbocycles. The fraction of sp³-hybridized carbons (Fsp3) is 0.455. The van der Waals surface area contributed by atoms with E-state index in [0.29, 0.717) is 47.5 Å². The number of amides is 3. The van der Waals surface area contributed by atoms with Crippen LogP contribution in [0.2, 0.25) is 0 Å². The van der Waals surface area contributed by atoms with Crippen LogP contribution >= 0.6 is 0 Å². The highest BCUT2D eigenvalue weighted by molar-refractivity contribution is 6.01. The number of aromatic nitrogens is 3.